The molecule has 0 aliphatic rings. The Kier molecular flexibility index (Phi) is 5.95. The molecule has 0 amide bonds. The largest absolute Gasteiger partial charge is 0.397 e. The first kappa shape index (κ1) is 16.4. The third kappa shape index (κ3) is 4.20. The van der Waals surface area contributed by atoms with Crippen LogP contribution in [0.2, 0.25) is 0 Å². The van der Waals surface area contributed by atoms with Crippen LogP contribution in [0.25, 0.3) is 0 Å². The zero-order valence-corrected chi connectivity index (χ0v) is 13.9. The molecule has 0 saturated heterocycles. The summed E-state index contributed by atoms with van der Waals surface area (Å²) in [7, 11) is 0. The Bertz CT molecular complexity index is 562. The Balaban J connectivity index is 0.000000204. The third-order valence-corrected chi connectivity index (χ3v) is 3.58. The van der Waals surface area contributed by atoms with Gasteiger partial charge in [0.1, 0.15) is 4.60 Å². The molecule has 0 spiro atoms. The van der Waals surface area contributed by atoms with Crippen LogP contribution >= 0.6 is 15.9 Å². The van der Waals surface area contributed by atoms with Gasteiger partial charge in [-0.1, -0.05) is 13.8 Å². The number of rotatable bonds is 1. The molecule has 0 radical (unpaired) electrons. The minimum Gasteiger partial charge on any atom is -0.397 e. The molecule has 2 aromatic heterocycles. The Morgan fingerprint density at radius 1 is 0.950 bits per heavy atom. The fourth-order valence-corrected chi connectivity index (χ4v) is 2.02. The topological polar surface area (TPSA) is 77.8 Å². The molecule has 5 heteroatoms. The molecular formula is C15H21BrN4. The van der Waals surface area contributed by atoms with Crippen molar-refractivity contribution in [3.05, 3.63) is 46.0 Å². The summed E-state index contributed by atoms with van der Waals surface area (Å²) in [5.41, 5.74) is 16.1. The minimum atomic E-state index is 0.412. The Morgan fingerprint density at radius 3 is 1.85 bits per heavy atom. The van der Waals surface area contributed by atoms with Crippen LogP contribution in [0.3, 0.4) is 0 Å². The molecule has 0 saturated carbocycles. The summed E-state index contributed by atoms with van der Waals surface area (Å²) in [6.45, 7) is 8.14. The molecule has 108 valence electrons. The smallest absolute Gasteiger partial charge is 0.129 e. The highest BCUT2D eigenvalue weighted by atomic mass is 79.9. The predicted octanol–water partition coefficient (Wildman–Crippen LogP) is 3.83. The molecule has 0 bridgehead atoms. The number of aromatic nitrogens is 2. The highest BCUT2D eigenvalue weighted by Crippen LogP contribution is 2.21. The van der Waals surface area contributed by atoms with Crippen molar-refractivity contribution < 1.29 is 0 Å². The molecule has 4 N–H and O–H groups in total. The molecule has 2 rings (SSSR count). The number of pyridine rings is 2. The summed E-state index contributed by atoms with van der Waals surface area (Å²) in [5, 5.41) is 0. The number of nitrogens with two attached hydrogens (primary N) is 2. The van der Waals surface area contributed by atoms with Crippen LogP contribution in [0, 0.1) is 13.8 Å². The molecule has 0 atom stereocenters. The van der Waals surface area contributed by atoms with Crippen molar-refractivity contribution in [1.29, 1.82) is 0 Å². The summed E-state index contributed by atoms with van der Waals surface area (Å²) in [6, 6.07) is 3.81. The molecule has 0 aromatic carbocycles. The van der Waals surface area contributed by atoms with Crippen LogP contribution in [0.15, 0.2) is 29.1 Å². The monoisotopic (exact) mass is 336 g/mol. The summed E-state index contributed by atoms with van der Waals surface area (Å²) < 4.78 is 0.725. The van der Waals surface area contributed by atoms with E-state index in [-0.39, 0.29) is 0 Å². The van der Waals surface area contributed by atoms with Crippen LogP contribution in [0.1, 0.15) is 36.6 Å². The molecule has 0 fully saturated rings. The average Bonchev–Trinajstić information content (AvgIpc) is 2.39. The van der Waals surface area contributed by atoms with Gasteiger partial charge in [0.25, 0.3) is 0 Å². The van der Waals surface area contributed by atoms with Gasteiger partial charge in [0.15, 0.2) is 0 Å². The Morgan fingerprint density at radius 2 is 1.45 bits per heavy atom. The molecule has 20 heavy (non-hydrogen) atoms. The van der Waals surface area contributed by atoms with Gasteiger partial charge in [-0.15, -0.1) is 0 Å². The van der Waals surface area contributed by atoms with E-state index >= 15 is 0 Å². The van der Waals surface area contributed by atoms with Crippen LogP contribution in [0.5, 0.6) is 0 Å². The zero-order valence-electron chi connectivity index (χ0n) is 12.3. The Hall–Kier alpha value is -1.62. The van der Waals surface area contributed by atoms with Crippen LogP contribution in [-0.4, -0.2) is 9.97 Å². The van der Waals surface area contributed by atoms with Gasteiger partial charge in [0.05, 0.1) is 17.1 Å². The van der Waals surface area contributed by atoms with Crippen molar-refractivity contribution in [2.24, 2.45) is 0 Å². The first-order valence-electron chi connectivity index (χ1n) is 6.42. The second-order valence-electron chi connectivity index (χ2n) is 4.91. The lowest BCUT2D eigenvalue weighted by Crippen LogP contribution is -2.01. The maximum absolute atomic E-state index is 5.82. The molecule has 2 heterocycles. The van der Waals surface area contributed by atoms with Crippen molar-refractivity contribution in [3.8, 4) is 0 Å². The lowest BCUT2D eigenvalue weighted by Gasteiger charge is -2.09. The van der Waals surface area contributed by atoms with Gasteiger partial charge >= 0.3 is 0 Å². The molecule has 0 aliphatic heterocycles. The van der Waals surface area contributed by atoms with Crippen LogP contribution in [0.4, 0.5) is 11.4 Å². The van der Waals surface area contributed by atoms with E-state index in [2.05, 4.69) is 39.7 Å². The van der Waals surface area contributed by atoms with E-state index in [1.807, 2.05) is 26.0 Å². The first-order chi connectivity index (χ1) is 9.34. The number of halogens is 1. The summed E-state index contributed by atoms with van der Waals surface area (Å²) in [4.78, 5) is 8.14. The number of aryl methyl sites for hydroxylation is 2. The third-order valence-electron chi connectivity index (χ3n) is 2.95. The van der Waals surface area contributed by atoms with Gasteiger partial charge in [0, 0.05) is 12.4 Å². The van der Waals surface area contributed by atoms with Crippen molar-refractivity contribution >= 4 is 27.3 Å². The maximum Gasteiger partial charge on any atom is 0.129 e. The highest BCUT2D eigenvalue weighted by Gasteiger charge is 2.05. The van der Waals surface area contributed by atoms with E-state index in [0.717, 1.165) is 32.8 Å². The van der Waals surface area contributed by atoms with Gasteiger partial charge in [-0.3, -0.25) is 4.98 Å². The van der Waals surface area contributed by atoms with Crippen LogP contribution in [-0.2, 0) is 0 Å². The second-order valence-corrected chi connectivity index (χ2v) is 5.66. The van der Waals surface area contributed by atoms with E-state index in [1.54, 1.807) is 12.4 Å². The van der Waals surface area contributed by atoms with Gasteiger partial charge in [-0.2, -0.15) is 0 Å². The quantitative estimate of drug-likeness (QED) is 0.775. The minimum absolute atomic E-state index is 0.412. The Labute approximate surface area is 128 Å². The normalized spacial score (nSPS) is 10.1. The zero-order chi connectivity index (χ0) is 15.3. The van der Waals surface area contributed by atoms with E-state index in [9.17, 15) is 0 Å². The first-order valence-corrected chi connectivity index (χ1v) is 7.21. The molecule has 2 aromatic rings. The van der Waals surface area contributed by atoms with E-state index < -0.39 is 0 Å². The lowest BCUT2D eigenvalue weighted by molar-refractivity contribution is 0.825. The number of nitrogen functional groups attached to an aromatic ring is 2. The molecule has 0 aliphatic carbocycles. The summed E-state index contributed by atoms with van der Waals surface area (Å²) >= 11 is 3.21. The second kappa shape index (κ2) is 7.24. The summed E-state index contributed by atoms with van der Waals surface area (Å²) in [6.07, 6.45) is 3.52. The van der Waals surface area contributed by atoms with Gasteiger partial charge in [-0.05, 0) is 59.0 Å². The van der Waals surface area contributed by atoms with Crippen LogP contribution < -0.4 is 11.5 Å². The molecule has 0 unspecified atom stereocenters. The maximum atomic E-state index is 5.82. The van der Waals surface area contributed by atoms with Crippen molar-refractivity contribution in [2.75, 3.05) is 11.5 Å². The number of nitrogens with zero attached hydrogens (tertiary/aromatic N) is 2. The fraction of sp³-hybridized carbons (Fsp3) is 0.333. The van der Waals surface area contributed by atoms with E-state index in [1.165, 1.54) is 0 Å². The SMILES string of the molecule is Cc1ccnc(Br)c1N.Cc1ccnc(C(C)C)c1N. The van der Waals surface area contributed by atoms with Crippen molar-refractivity contribution in [2.45, 2.75) is 33.6 Å². The average molecular weight is 337 g/mol. The number of anilines is 2. The number of hydrogen-bond acceptors (Lipinski definition) is 4. The highest BCUT2D eigenvalue weighted by molar-refractivity contribution is 9.10. The number of hydrogen-bond donors (Lipinski definition) is 2. The fourth-order valence-electron chi connectivity index (χ4n) is 1.59. The van der Waals surface area contributed by atoms with Crippen molar-refractivity contribution in [1.82, 2.24) is 9.97 Å². The predicted molar refractivity (Wildman–Crippen MR) is 88.6 cm³/mol. The van der Waals surface area contributed by atoms with Crippen molar-refractivity contribution in [3.63, 3.8) is 0 Å². The molecule has 4 nitrogen and oxygen atoms in total. The van der Waals surface area contributed by atoms with Gasteiger partial charge < -0.3 is 11.5 Å². The van der Waals surface area contributed by atoms with Gasteiger partial charge in [-0.25, -0.2) is 4.98 Å². The van der Waals surface area contributed by atoms with E-state index in [0.29, 0.717) is 5.92 Å². The molecular weight excluding hydrogens is 316 g/mol. The van der Waals surface area contributed by atoms with Gasteiger partial charge in [0.2, 0.25) is 0 Å². The standard InChI is InChI=1S/C9H14N2.C6H7BrN2/c1-6(2)9-8(10)7(3)4-5-11-9;1-4-2-3-9-6(7)5(4)8/h4-6H,10H2,1-3H3;2-3H,8H2,1H3. The van der Waals surface area contributed by atoms with E-state index in [4.69, 9.17) is 11.5 Å². The summed E-state index contributed by atoms with van der Waals surface area (Å²) in [5.74, 6) is 0.412. The lowest BCUT2D eigenvalue weighted by atomic mass is 10.1.